The minimum Gasteiger partial charge on any atom is -0.365 e. The molecule has 0 radical (unpaired) electrons. The second kappa shape index (κ2) is 10.2. The number of nitrogens with zero attached hydrogens (tertiary/aromatic N) is 2. The highest BCUT2D eigenvalue weighted by molar-refractivity contribution is 5.98. The van der Waals surface area contributed by atoms with Gasteiger partial charge in [0.15, 0.2) is 0 Å². The van der Waals surface area contributed by atoms with Crippen LogP contribution in [0.25, 0.3) is 0 Å². The quantitative estimate of drug-likeness (QED) is 0.231. The molecule has 0 saturated heterocycles. The molecule has 1 amide bonds. The summed E-state index contributed by atoms with van der Waals surface area (Å²) in [5, 5.41) is 16.1. The number of quaternary nitrogens is 1. The van der Waals surface area contributed by atoms with E-state index >= 15 is 0 Å². The van der Waals surface area contributed by atoms with Crippen molar-refractivity contribution >= 4 is 41.0 Å². The molecular weight excluding hydrogens is 416 g/mol. The molecule has 1 aliphatic carbocycles. The normalized spacial score (nSPS) is 17.8. The van der Waals surface area contributed by atoms with E-state index in [1.165, 1.54) is 12.4 Å². The maximum Gasteiger partial charge on any atom is 0.254 e. The molecule has 3 aromatic rings. The molecule has 1 aromatic heterocycles. The van der Waals surface area contributed by atoms with Crippen LogP contribution in [-0.2, 0) is 0 Å². The Morgan fingerprint density at radius 1 is 1.15 bits per heavy atom. The van der Waals surface area contributed by atoms with E-state index in [1.807, 2.05) is 53.8 Å². The monoisotopic (exact) mass is 445 g/mol. The maximum atomic E-state index is 12.0. The Labute approximate surface area is 192 Å². The van der Waals surface area contributed by atoms with Crippen molar-refractivity contribution in [1.82, 2.24) is 9.97 Å². The molecule has 0 bridgehead atoms. The van der Waals surface area contributed by atoms with Crippen LogP contribution in [0.1, 0.15) is 41.6 Å². The Kier molecular flexibility index (Phi) is 6.92. The highest BCUT2D eigenvalue weighted by Gasteiger charge is 2.23. The van der Waals surface area contributed by atoms with Crippen LogP contribution >= 0.6 is 0 Å². The Morgan fingerprint density at radius 2 is 1.97 bits per heavy atom. The molecule has 1 saturated carbocycles. The average molecular weight is 446 g/mol. The molecule has 33 heavy (non-hydrogen) atoms. The molecule has 0 spiro atoms. The topological polar surface area (TPSA) is 159 Å². The lowest BCUT2D eigenvalue weighted by Crippen LogP contribution is -2.71. The van der Waals surface area contributed by atoms with Gasteiger partial charge in [-0.05, 0) is 31.0 Å². The molecule has 0 unspecified atom stereocenters. The number of amides is 1. The lowest BCUT2D eigenvalue weighted by atomic mass is 9.91. The number of nitrogens with two attached hydrogens (primary N) is 3. The van der Waals surface area contributed by atoms with Crippen LogP contribution in [0.4, 0.5) is 28.8 Å². The number of rotatable bonds is 8. The van der Waals surface area contributed by atoms with E-state index in [4.69, 9.17) is 16.9 Å². The lowest BCUT2D eigenvalue weighted by molar-refractivity contribution is -0.478. The van der Waals surface area contributed by atoms with Crippen molar-refractivity contribution in [1.29, 1.82) is 5.41 Å². The van der Waals surface area contributed by atoms with Crippen molar-refractivity contribution in [2.45, 2.75) is 37.8 Å². The van der Waals surface area contributed by atoms with Crippen LogP contribution in [-0.4, -0.2) is 34.2 Å². The third-order valence-corrected chi connectivity index (χ3v) is 5.81. The number of benzene rings is 2. The van der Waals surface area contributed by atoms with Crippen molar-refractivity contribution in [3.63, 3.8) is 0 Å². The Bertz CT molecular complexity index is 1150. The highest BCUT2D eigenvalue weighted by atomic mass is 16.1. The van der Waals surface area contributed by atoms with Crippen LogP contribution in [0.5, 0.6) is 0 Å². The summed E-state index contributed by atoms with van der Waals surface area (Å²) in [5.74, 6) is 0.134. The molecule has 9 N–H and O–H groups in total. The van der Waals surface area contributed by atoms with Crippen molar-refractivity contribution in [3.05, 3.63) is 65.9 Å². The first-order valence-electron chi connectivity index (χ1n) is 11.0. The van der Waals surface area contributed by atoms with Gasteiger partial charge in [-0.25, -0.2) is 4.98 Å². The van der Waals surface area contributed by atoms with Gasteiger partial charge in [0.1, 0.15) is 22.8 Å². The van der Waals surface area contributed by atoms with Crippen molar-refractivity contribution in [2.24, 2.45) is 11.5 Å². The number of aromatic nitrogens is 2. The predicted molar refractivity (Wildman–Crippen MR) is 130 cm³/mol. The van der Waals surface area contributed by atoms with Crippen molar-refractivity contribution in [2.75, 3.05) is 10.6 Å². The van der Waals surface area contributed by atoms with Crippen molar-refractivity contribution in [3.8, 4) is 0 Å². The maximum absolute atomic E-state index is 12.0. The van der Waals surface area contributed by atoms with E-state index < -0.39 is 5.91 Å². The standard InChI is InChI=1S/C24H28N8O/c25-13-15-6-1-3-10-20(15)29-16-7-5-8-17(12-16)30-23-18(22(27)33)14-28-24(32-23)31-21-11-4-2-9-19(21)26/h1,3,5-8,10,12-14,19,21,25,29H,2,4,9,11,26H2,(H2,27,33)(H2,28,30,31,32)/p+1/t19-,21+/m0/s1. The summed E-state index contributed by atoms with van der Waals surface area (Å²) in [6, 6.07) is 15.6. The number of nitrogens with one attached hydrogen (secondary N) is 3. The molecule has 4 rings (SSSR count). The number of primary amides is 1. The summed E-state index contributed by atoms with van der Waals surface area (Å²) in [6.45, 7) is 0. The number of para-hydroxylation sites is 1. The summed E-state index contributed by atoms with van der Waals surface area (Å²) in [7, 11) is 0. The van der Waals surface area contributed by atoms with Gasteiger partial charge in [-0.15, -0.1) is 0 Å². The zero-order valence-corrected chi connectivity index (χ0v) is 18.3. The third-order valence-electron chi connectivity index (χ3n) is 5.81. The van der Waals surface area contributed by atoms with Crippen LogP contribution in [0.2, 0.25) is 0 Å². The Morgan fingerprint density at radius 3 is 2.76 bits per heavy atom. The molecule has 9 nitrogen and oxygen atoms in total. The van der Waals surface area contributed by atoms with Gasteiger partial charge in [0.05, 0.1) is 5.56 Å². The van der Waals surface area contributed by atoms with Gasteiger partial charge in [0.2, 0.25) is 5.95 Å². The van der Waals surface area contributed by atoms with Gasteiger partial charge in [0.25, 0.3) is 5.91 Å². The molecule has 1 aliphatic rings. The van der Waals surface area contributed by atoms with E-state index in [0.717, 1.165) is 48.3 Å². The zero-order valence-electron chi connectivity index (χ0n) is 18.3. The Hall–Kier alpha value is -3.82. The molecule has 170 valence electrons. The highest BCUT2D eigenvalue weighted by Crippen LogP contribution is 2.24. The van der Waals surface area contributed by atoms with Crippen LogP contribution in [0.15, 0.2) is 54.7 Å². The number of hydrogen-bond acceptors (Lipinski definition) is 7. The van der Waals surface area contributed by atoms with E-state index in [-0.39, 0.29) is 17.6 Å². The summed E-state index contributed by atoms with van der Waals surface area (Å²) in [6.07, 6.45) is 6.93. The minimum atomic E-state index is -0.610. The second-order valence-electron chi connectivity index (χ2n) is 8.19. The lowest BCUT2D eigenvalue weighted by Gasteiger charge is -2.29. The number of carbonyl (C=O) groups is 1. The van der Waals surface area contributed by atoms with E-state index in [1.54, 1.807) is 0 Å². The SMILES string of the molecule is N=Cc1ccccc1[NH2+]c1cccc(Nc2nc(N[C@@H]3CCCC[C@@H]3N)ncc2C(N)=O)c1. The minimum absolute atomic E-state index is 0.0469. The largest absolute Gasteiger partial charge is 0.365 e. The fraction of sp³-hybridized carbons (Fsp3) is 0.250. The van der Waals surface area contributed by atoms with Crippen LogP contribution < -0.4 is 27.4 Å². The molecule has 2 aromatic carbocycles. The van der Waals surface area contributed by atoms with Gasteiger partial charge in [-0.3, -0.25) is 10.1 Å². The fourth-order valence-corrected chi connectivity index (χ4v) is 4.03. The second-order valence-corrected chi connectivity index (χ2v) is 8.19. The molecule has 0 aliphatic heterocycles. The van der Waals surface area contributed by atoms with Crippen molar-refractivity contribution < 1.29 is 10.1 Å². The van der Waals surface area contributed by atoms with E-state index in [2.05, 4.69) is 20.6 Å². The van der Waals surface area contributed by atoms with Crippen LogP contribution in [0, 0.1) is 5.41 Å². The van der Waals surface area contributed by atoms with Gasteiger partial charge >= 0.3 is 0 Å². The average Bonchev–Trinajstić information content (AvgIpc) is 2.81. The first-order chi connectivity index (χ1) is 16.0. The van der Waals surface area contributed by atoms with E-state index in [0.29, 0.717) is 11.8 Å². The predicted octanol–water partition coefficient (Wildman–Crippen LogP) is 2.53. The summed E-state index contributed by atoms with van der Waals surface area (Å²) < 4.78 is 0. The third kappa shape index (κ3) is 5.51. The number of carbonyl (C=O) groups excluding carboxylic acids is 1. The summed E-state index contributed by atoms with van der Waals surface area (Å²) >= 11 is 0. The van der Waals surface area contributed by atoms with Gasteiger partial charge in [-0.1, -0.05) is 31.0 Å². The summed E-state index contributed by atoms with van der Waals surface area (Å²) in [5.41, 5.74) is 15.5. The fourth-order valence-electron chi connectivity index (χ4n) is 4.03. The smallest absolute Gasteiger partial charge is 0.254 e. The zero-order chi connectivity index (χ0) is 23.2. The summed E-state index contributed by atoms with van der Waals surface area (Å²) in [4.78, 5) is 20.8. The first-order valence-corrected chi connectivity index (χ1v) is 11.0. The van der Waals surface area contributed by atoms with Gasteiger partial charge in [0, 0.05) is 42.3 Å². The number of anilines is 3. The molecule has 1 heterocycles. The molecule has 2 atom stereocenters. The van der Waals surface area contributed by atoms with Crippen LogP contribution in [0.3, 0.4) is 0 Å². The Balaban J connectivity index is 1.56. The molecular formula is C24H29N8O+. The molecule has 9 heteroatoms. The van der Waals surface area contributed by atoms with Gasteiger partial charge < -0.3 is 27.5 Å². The van der Waals surface area contributed by atoms with E-state index in [9.17, 15) is 4.79 Å². The number of hydrogen-bond donors (Lipinski definition) is 6. The molecule has 1 fully saturated rings. The first kappa shape index (κ1) is 22.4. The van der Waals surface area contributed by atoms with Gasteiger partial charge in [-0.2, -0.15) is 4.98 Å².